The normalized spacial score (nSPS) is 12.4. The van der Waals surface area contributed by atoms with E-state index in [1.165, 1.54) is 0 Å². The van der Waals surface area contributed by atoms with E-state index in [1.807, 2.05) is 0 Å². The highest BCUT2D eigenvalue weighted by Gasteiger charge is 2.21. The van der Waals surface area contributed by atoms with Crippen molar-refractivity contribution in [2.24, 2.45) is 5.92 Å². The Balaban J connectivity index is 3.91. The molecule has 1 N–H and O–H groups in total. The lowest BCUT2D eigenvalue weighted by Crippen LogP contribution is -2.44. The van der Waals surface area contributed by atoms with Crippen LogP contribution in [0.2, 0.25) is 0 Å². The van der Waals surface area contributed by atoms with Crippen LogP contribution in [-0.4, -0.2) is 47.8 Å². The third kappa shape index (κ3) is 9.42. The molecule has 0 rings (SSSR count). The summed E-state index contributed by atoms with van der Waals surface area (Å²) in [7, 11) is 0. The largest absolute Gasteiger partial charge is 0.481 e. The smallest absolute Gasteiger partial charge is 0.304 e. The second-order valence-electron chi connectivity index (χ2n) is 6.10. The fourth-order valence-corrected chi connectivity index (χ4v) is 1.61. The van der Waals surface area contributed by atoms with E-state index in [4.69, 9.17) is 9.84 Å². The molecule has 0 spiro atoms. The van der Waals surface area contributed by atoms with Crippen molar-refractivity contribution in [1.29, 1.82) is 0 Å². The van der Waals surface area contributed by atoms with Crippen LogP contribution in [0.1, 0.15) is 47.5 Å². The van der Waals surface area contributed by atoms with E-state index in [0.29, 0.717) is 19.1 Å². The molecular weight excluding hydrogens is 230 g/mol. The first-order chi connectivity index (χ1) is 8.23. The monoisotopic (exact) mass is 259 g/mol. The van der Waals surface area contributed by atoms with Gasteiger partial charge in [-0.2, -0.15) is 0 Å². The zero-order valence-corrected chi connectivity index (χ0v) is 12.5. The summed E-state index contributed by atoms with van der Waals surface area (Å²) >= 11 is 0. The van der Waals surface area contributed by atoms with Crippen molar-refractivity contribution in [1.82, 2.24) is 4.90 Å². The molecule has 0 aliphatic carbocycles. The lowest BCUT2D eigenvalue weighted by Gasteiger charge is -2.35. The van der Waals surface area contributed by atoms with Crippen LogP contribution in [0.25, 0.3) is 0 Å². The molecule has 0 saturated carbocycles. The average molecular weight is 259 g/mol. The molecule has 0 bridgehead atoms. The van der Waals surface area contributed by atoms with Crippen LogP contribution in [0.15, 0.2) is 0 Å². The molecule has 0 amide bonds. The van der Waals surface area contributed by atoms with Crippen molar-refractivity contribution in [2.45, 2.75) is 53.0 Å². The molecule has 0 saturated heterocycles. The van der Waals surface area contributed by atoms with Gasteiger partial charge in [-0.25, -0.2) is 0 Å². The number of carboxylic acid groups (broad SMARTS) is 1. The van der Waals surface area contributed by atoms with Gasteiger partial charge >= 0.3 is 5.97 Å². The zero-order valence-electron chi connectivity index (χ0n) is 12.5. The molecule has 4 nitrogen and oxygen atoms in total. The van der Waals surface area contributed by atoms with Gasteiger partial charge < -0.3 is 9.84 Å². The Morgan fingerprint density at radius 1 is 1.22 bits per heavy atom. The fraction of sp³-hybridized carbons (Fsp3) is 0.929. The maximum Gasteiger partial charge on any atom is 0.304 e. The first-order valence-corrected chi connectivity index (χ1v) is 6.78. The maximum absolute atomic E-state index is 10.6. The highest BCUT2D eigenvalue weighted by atomic mass is 16.5. The van der Waals surface area contributed by atoms with Gasteiger partial charge in [0, 0.05) is 25.2 Å². The molecular formula is C14H29NO3. The van der Waals surface area contributed by atoms with Gasteiger partial charge in [0.25, 0.3) is 0 Å². The molecule has 0 aromatic heterocycles. The standard InChI is InChI=1S/C14H29NO3/c1-12(2)7-10-18-11-9-15(14(3,4)5)8-6-13(16)17/h12H,6-11H2,1-5H3,(H,16,17). The van der Waals surface area contributed by atoms with Gasteiger partial charge in [-0.15, -0.1) is 0 Å². The SMILES string of the molecule is CC(C)CCOCCN(CCC(=O)O)C(C)(C)C. The van der Waals surface area contributed by atoms with Crippen LogP contribution in [0.5, 0.6) is 0 Å². The molecule has 4 heteroatoms. The van der Waals surface area contributed by atoms with Crippen LogP contribution < -0.4 is 0 Å². The summed E-state index contributed by atoms with van der Waals surface area (Å²) in [6, 6.07) is 0. The van der Waals surface area contributed by atoms with Crippen LogP contribution in [0, 0.1) is 5.92 Å². The number of rotatable bonds is 9. The van der Waals surface area contributed by atoms with E-state index >= 15 is 0 Å². The fourth-order valence-electron chi connectivity index (χ4n) is 1.61. The van der Waals surface area contributed by atoms with Crippen LogP contribution in [0.3, 0.4) is 0 Å². The number of carboxylic acids is 1. The number of aliphatic carboxylic acids is 1. The van der Waals surface area contributed by atoms with E-state index in [1.54, 1.807) is 0 Å². The summed E-state index contributed by atoms with van der Waals surface area (Å²) in [6.07, 6.45) is 1.26. The molecule has 0 fully saturated rings. The van der Waals surface area contributed by atoms with Crippen molar-refractivity contribution in [3.05, 3.63) is 0 Å². The molecule has 18 heavy (non-hydrogen) atoms. The summed E-state index contributed by atoms with van der Waals surface area (Å²) < 4.78 is 5.59. The van der Waals surface area contributed by atoms with E-state index in [-0.39, 0.29) is 12.0 Å². The topological polar surface area (TPSA) is 49.8 Å². The molecule has 0 unspecified atom stereocenters. The second kappa shape index (κ2) is 8.48. The van der Waals surface area contributed by atoms with Crippen molar-refractivity contribution in [3.8, 4) is 0 Å². The molecule has 0 atom stereocenters. The van der Waals surface area contributed by atoms with Crippen molar-refractivity contribution < 1.29 is 14.6 Å². The van der Waals surface area contributed by atoms with E-state index in [0.717, 1.165) is 19.6 Å². The lowest BCUT2D eigenvalue weighted by atomic mass is 10.1. The highest BCUT2D eigenvalue weighted by Crippen LogP contribution is 2.13. The van der Waals surface area contributed by atoms with E-state index in [9.17, 15) is 4.79 Å². The number of ether oxygens (including phenoxy) is 1. The minimum Gasteiger partial charge on any atom is -0.481 e. The van der Waals surface area contributed by atoms with Crippen LogP contribution in [0.4, 0.5) is 0 Å². The molecule has 0 aliphatic heterocycles. The summed E-state index contributed by atoms with van der Waals surface area (Å²) in [5.74, 6) is -0.0827. The Hall–Kier alpha value is -0.610. The molecule has 0 aliphatic rings. The number of hydrogen-bond donors (Lipinski definition) is 1. The predicted octanol–water partition coefficient (Wildman–Crippen LogP) is 2.62. The Morgan fingerprint density at radius 2 is 1.83 bits per heavy atom. The first-order valence-electron chi connectivity index (χ1n) is 6.78. The highest BCUT2D eigenvalue weighted by molar-refractivity contribution is 5.66. The number of nitrogens with zero attached hydrogens (tertiary/aromatic N) is 1. The van der Waals surface area contributed by atoms with Crippen molar-refractivity contribution in [2.75, 3.05) is 26.3 Å². The van der Waals surface area contributed by atoms with Crippen LogP contribution in [-0.2, 0) is 9.53 Å². The zero-order chi connectivity index (χ0) is 14.2. The Morgan fingerprint density at radius 3 is 2.28 bits per heavy atom. The van der Waals surface area contributed by atoms with Gasteiger partial charge in [0.15, 0.2) is 0 Å². The summed E-state index contributed by atoms with van der Waals surface area (Å²) in [5, 5.41) is 8.74. The van der Waals surface area contributed by atoms with Gasteiger partial charge in [0.05, 0.1) is 13.0 Å². The molecule has 108 valence electrons. The maximum atomic E-state index is 10.6. The van der Waals surface area contributed by atoms with Crippen molar-refractivity contribution >= 4 is 5.97 Å². The number of carbonyl (C=O) groups is 1. The quantitative estimate of drug-likeness (QED) is 0.647. The lowest BCUT2D eigenvalue weighted by molar-refractivity contribution is -0.137. The van der Waals surface area contributed by atoms with E-state index < -0.39 is 5.97 Å². The first kappa shape index (κ1) is 17.4. The molecule has 0 heterocycles. The van der Waals surface area contributed by atoms with Gasteiger partial charge in [-0.3, -0.25) is 9.69 Å². The minimum absolute atomic E-state index is 0.0170. The summed E-state index contributed by atoms with van der Waals surface area (Å²) in [5.41, 5.74) is -0.0170. The van der Waals surface area contributed by atoms with Crippen molar-refractivity contribution in [3.63, 3.8) is 0 Å². The van der Waals surface area contributed by atoms with Gasteiger partial charge in [-0.05, 0) is 33.1 Å². The number of hydrogen-bond acceptors (Lipinski definition) is 3. The third-order valence-electron chi connectivity index (χ3n) is 2.89. The van der Waals surface area contributed by atoms with E-state index in [2.05, 4.69) is 39.5 Å². The van der Waals surface area contributed by atoms with Crippen LogP contribution >= 0.6 is 0 Å². The van der Waals surface area contributed by atoms with Gasteiger partial charge in [0.2, 0.25) is 0 Å². The average Bonchev–Trinajstić information content (AvgIpc) is 2.19. The minimum atomic E-state index is -0.745. The molecule has 0 aromatic rings. The predicted molar refractivity (Wildman–Crippen MR) is 73.9 cm³/mol. The van der Waals surface area contributed by atoms with Gasteiger partial charge in [0.1, 0.15) is 0 Å². The second-order valence-corrected chi connectivity index (χ2v) is 6.10. The van der Waals surface area contributed by atoms with Gasteiger partial charge in [-0.1, -0.05) is 13.8 Å². The Kier molecular flexibility index (Phi) is 8.20. The Labute approximate surface area is 111 Å². The summed E-state index contributed by atoms with van der Waals surface area (Å²) in [6.45, 7) is 13.5. The molecule has 0 radical (unpaired) electrons. The third-order valence-corrected chi connectivity index (χ3v) is 2.89. The molecule has 0 aromatic carbocycles. The summed E-state index contributed by atoms with van der Waals surface area (Å²) in [4.78, 5) is 12.8. The Bertz CT molecular complexity index is 234.